The highest BCUT2D eigenvalue weighted by Crippen LogP contribution is 2.58. The summed E-state index contributed by atoms with van der Waals surface area (Å²) in [6.07, 6.45) is 8.55. The number of aliphatic hydroxyl groups excluding tert-OH is 1. The first-order chi connectivity index (χ1) is 14.6. The Morgan fingerprint density at radius 1 is 1.30 bits per heavy atom. The predicted molar refractivity (Wildman–Crippen MR) is 115 cm³/mol. The molecule has 2 aliphatic carbocycles. The van der Waals surface area contributed by atoms with Gasteiger partial charge in [-0.05, 0) is 48.6 Å². The lowest BCUT2D eigenvalue weighted by atomic mass is 9.52. The second kappa shape index (κ2) is 7.43. The van der Waals surface area contributed by atoms with E-state index in [2.05, 4.69) is 20.4 Å². The molecule has 0 radical (unpaired) electrons. The van der Waals surface area contributed by atoms with Crippen molar-refractivity contribution in [2.75, 3.05) is 24.7 Å². The van der Waals surface area contributed by atoms with E-state index in [1.807, 2.05) is 22.9 Å². The van der Waals surface area contributed by atoms with E-state index in [1.165, 1.54) is 32.1 Å². The van der Waals surface area contributed by atoms with Crippen LogP contribution in [0.1, 0.15) is 43.2 Å². The first-order valence-electron chi connectivity index (χ1n) is 10.6. The van der Waals surface area contributed by atoms with Gasteiger partial charge in [0.25, 0.3) is 0 Å². The number of hydrogen-bond acceptors (Lipinski definition) is 7. The number of aromatic nitrogens is 4. The van der Waals surface area contributed by atoms with Crippen LogP contribution < -0.4 is 15.8 Å². The second-order valence-corrected chi connectivity index (χ2v) is 8.78. The van der Waals surface area contributed by atoms with Crippen molar-refractivity contribution in [1.29, 1.82) is 0 Å². The SMILES string of the molecule is COc1cc(CO)ccc1Cn1ncc2nc(N)nc(NCC3CC4(CCC4)C3)c21. The number of fused-ring (bicyclic) bond motifs is 1. The van der Waals surface area contributed by atoms with Gasteiger partial charge >= 0.3 is 0 Å². The van der Waals surface area contributed by atoms with Crippen molar-refractivity contribution >= 4 is 22.8 Å². The maximum atomic E-state index is 9.38. The largest absolute Gasteiger partial charge is 0.496 e. The van der Waals surface area contributed by atoms with Gasteiger partial charge in [0.1, 0.15) is 16.8 Å². The van der Waals surface area contributed by atoms with Gasteiger partial charge < -0.3 is 20.9 Å². The van der Waals surface area contributed by atoms with Gasteiger partial charge in [0.2, 0.25) is 5.95 Å². The molecule has 8 heteroatoms. The highest BCUT2D eigenvalue weighted by molar-refractivity contribution is 5.86. The minimum absolute atomic E-state index is 0.0228. The Morgan fingerprint density at radius 2 is 2.13 bits per heavy atom. The van der Waals surface area contributed by atoms with Crippen LogP contribution in [0.3, 0.4) is 0 Å². The third-order valence-corrected chi connectivity index (χ3v) is 6.78. The molecule has 0 aliphatic heterocycles. The molecule has 2 saturated carbocycles. The Balaban J connectivity index is 1.39. The standard InChI is InChI=1S/C22H28N6O2/c1-30-18-7-14(13-29)3-4-16(18)12-28-19-17(11-25-28)26-21(23)27-20(19)24-10-15-8-22(9-15)5-2-6-22/h3-4,7,11,15,29H,2,5-6,8-10,12-13H2,1H3,(H3,23,24,26,27). The number of methoxy groups -OCH3 is 1. The third kappa shape index (κ3) is 3.35. The first-order valence-corrected chi connectivity index (χ1v) is 10.6. The number of anilines is 2. The van der Waals surface area contributed by atoms with E-state index in [4.69, 9.17) is 10.5 Å². The number of nitrogen functional groups attached to an aromatic ring is 1. The number of aliphatic hydroxyl groups is 1. The Hall–Kier alpha value is -2.87. The fourth-order valence-corrected chi connectivity index (χ4v) is 5.07. The summed E-state index contributed by atoms with van der Waals surface area (Å²) in [6, 6.07) is 5.70. The maximum Gasteiger partial charge on any atom is 0.222 e. The Labute approximate surface area is 175 Å². The van der Waals surface area contributed by atoms with Gasteiger partial charge in [0.05, 0.1) is 26.5 Å². The molecule has 2 aliphatic rings. The molecule has 1 aromatic carbocycles. The quantitative estimate of drug-likeness (QED) is 0.551. The molecule has 0 atom stereocenters. The summed E-state index contributed by atoms with van der Waals surface area (Å²) in [5, 5.41) is 17.4. The zero-order valence-corrected chi connectivity index (χ0v) is 17.3. The lowest BCUT2D eigenvalue weighted by molar-refractivity contribution is -0.0185. The summed E-state index contributed by atoms with van der Waals surface area (Å²) in [6.45, 7) is 1.38. The fraction of sp³-hybridized carbons (Fsp3) is 0.500. The van der Waals surface area contributed by atoms with Crippen LogP contribution >= 0.6 is 0 Å². The fourth-order valence-electron chi connectivity index (χ4n) is 5.07. The van der Waals surface area contributed by atoms with Gasteiger partial charge in [0.15, 0.2) is 5.82 Å². The molecule has 5 rings (SSSR count). The highest BCUT2D eigenvalue weighted by Gasteiger charge is 2.47. The minimum atomic E-state index is -0.0228. The average molecular weight is 409 g/mol. The van der Waals surface area contributed by atoms with Gasteiger partial charge in [0, 0.05) is 12.1 Å². The molecular formula is C22H28N6O2. The van der Waals surface area contributed by atoms with Crippen LogP contribution in [0.2, 0.25) is 0 Å². The molecule has 4 N–H and O–H groups in total. The Kier molecular flexibility index (Phi) is 4.73. The van der Waals surface area contributed by atoms with Crippen LogP contribution in [-0.2, 0) is 13.2 Å². The number of rotatable bonds is 7. The molecule has 30 heavy (non-hydrogen) atoms. The van der Waals surface area contributed by atoms with Crippen LogP contribution in [0.5, 0.6) is 5.75 Å². The summed E-state index contributed by atoms with van der Waals surface area (Å²) >= 11 is 0. The van der Waals surface area contributed by atoms with E-state index < -0.39 is 0 Å². The van der Waals surface area contributed by atoms with Crippen molar-refractivity contribution in [2.24, 2.45) is 11.3 Å². The van der Waals surface area contributed by atoms with E-state index in [9.17, 15) is 5.11 Å². The average Bonchev–Trinajstić information content (AvgIpc) is 3.08. The lowest BCUT2D eigenvalue weighted by Crippen LogP contribution is -2.45. The van der Waals surface area contributed by atoms with E-state index in [0.717, 1.165) is 40.3 Å². The van der Waals surface area contributed by atoms with Crippen LogP contribution in [0.4, 0.5) is 11.8 Å². The molecule has 0 bridgehead atoms. The molecule has 0 amide bonds. The van der Waals surface area contributed by atoms with Gasteiger partial charge in [-0.15, -0.1) is 0 Å². The van der Waals surface area contributed by atoms with Crippen molar-refractivity contribution < 1.29 is 9.84 Å². The van der Waals surface area contributed by atoms with Gasteiger partial charge in [-0.3, -0.25) is 4.68 Å². The first kappa shape index (κ1) is 19.1. The van der Waals surface area contributed by atoms with Crippen molar-refractivity contribution in [1.82, 2.24) is 19.7 Å². The lowest BCUT2D eigenvalue weighted by Gasteiger charge is -2.54. The second-order valence-electron chi connectivity index (χ2n) is 8.78. The maximum absolute atomic E-state index is 9.38. The molecule has 1 spiro atoms. The zero-order chi connectivity index (χ0) is 20.7. The summed E-state index contributed by atoms with van der Waals surface area (Å²) in [4.78, 5) is 8.83. The van der Waals surface area contributed by atoms with E-state index in [0.29, 0.717) is 17.9 Å². The number of nitrogens with one attached hydrogen (secondary N) is 1. The van der Waals surface area contributed by atoms with Gasteiger partial charge in [-0.2, -0.15) is 10.1 Å². The predicted octanol–water partition coefficient (Wildman–Crippen LogP) is 2.95. The minimum Gasteiger partial charge on any atom is -0.496 e. The third-order valence-electron chi connectivity index (χ3n) is 6.78. The Morgan fingerprint density at radius 3 is 2.83 bits per heavy atom. The number of nitrogens with two attached hydrogens (primary N) is 1. The summed E-state index contributed by atoms with van der Waals surface area (Å²) in [5.41, 5.74) is 9.95. The normalized spacial score (nSPS) is 17.7. The van der Waals surface area contributed by atoms with Gasteiger partial charge in [-0.25, -0.2) is 4.98 Å². The van der Waals surface area contributed by atoms with Crippen LogP contribution in [0, 0.1) is 11.3 Å². The molecule has 2 fully saturated rings. The van der Waals surface area contributed by atoms with Crippen molar-refractivity contribution in [3.8, 4) is 5.75 Å². The van der Waals surface area contributed by atoms with E-state index in [1.54, 1.807) is 13.3 Å². The monoisotopic (exact) mass is 408 g/mol. The van der Waals surface area contributed by atoms with Crippen molar-refractivity contribution in [2.45, 2.75) is 45.3 Å². The molecule has 0 unspecified atom stereocenters. The van der Waals surface area contributed by atoms with Crippen LogP contribution in [-0.4, -0.2) is 38.5 Å². The summed E-state index contributed by atoms with van der Waals surface area (Å²) in [7, 11) is 1.63. The molecule has 0 saturated heterocycles. The van der Waals surface area contributed by atoms with E-state index >= 15 is 0 Å². The smallest absolute Gasteiger partial charge is 0.222 e. The van der Waals surface area contributed by atoms with E-state index in [-0.39, 0.29) is 12.6 Å². The highest BCUT2D eigenvalue weighted by atomic mass is 16.5. The molecule has 8 nitrogen and oxygen atoms in total. The number of hydrogen-bond donors (Lipinski definition) is 3. The van der Waals surface area contributed by atoms with Crippen molar-refractivity contribution in [3.05, 3.63) is 35.5 Å². The topological polar surface area (TPSA) is 111 Å². The summed E-state index contributed by atoms with van der Waals surface area (Å²) < 4.78 is 7.39. The molecule has 2 heterocycles. The molecular weight excluding hydrogens is 380 g/mol. The van der Waals surface area contributed by atoms with Crippen molar-refractivity contribution in [3.63, 3.8) is 0 Å². The Bertz CT molecular complexity index is 1070. The zero-order valence-electron chi connectivity index (χ0n) is 17.3. The van der Waals surface area contributed by atoms with Gasteiger partial charge in [-0.1, -0.05) is 18.6 Å². The molecule has 2 aromatic heterocycles. The number of benzene rings is 1. The molecule has 3 aromatic rings. The van der Waals surface area contributed by atoms with Crippen LogP contribution in [0.25, 0.3) is 11.0 Å². The molecule has 158 valence electrons. The van der Waals surface area contributed by atoms with Crippen LogP contribution in [0.15, 0.2) is 24.4 Å². The number of nitrogens with zero attached hydrogens (tertiary/aromatic N) is 4. The summed E-state index contributed by atoms with van der Waals surface area (Å²) in [5.74, 6) is 2.39. The number of ether oxygens (including phenoxy) is 1.